The number of aryl methyl sites for hydroxylation is 1. The predicted molar refractivity (Wildman–Crippen MR) is 159 cm³/mol. The zero-order chi connectivity index (χ0) is 25.9. The fourth-order valence-electron chi connectivity index (χ4n) is 4.13. The molecule has 1 atom stereocenters. The van der Waals surface area contributed by atoms with Crippen molar-refractivity contribution in [3.63, 3.8) is 0 Å². The van der Waals surface area contributed by atoms with E-state index in [1.165, 1.54) is 17.7 Å². The van der Waals surface area contributed by atoms with Crippen molar-refractivity contribution < 1.29 is 0 Å². The van der Waals surface area contributed by atoms with E-state index in [4.69, 9.17) is 11.6 Å². The lowest BCUT2D eigenvalue weighted by atomic mass is 9.99. The molecule has 0 saturated carbocycles. The molecular formula is C31H37ClN4. The number of amidine groups is 1. The summed E-state index contributed by atoms with van der Waals surface area (Å²) in [6.07, 6.45) is 1.12. The highest BCUT2D eigenvalue weighted by Crippen LogP contribution is 2.33. The first-order valence-electron chi connectivity index (χ1n) is 12.7. The summed E-state index contributed by atoms with van der Waals surface area (Å²) in [5, 5.41) is 13.4. The molecule has 0 spiro atoms. The number of aliphatic imine (C=N–C) groups is 1. The zero-order valence-corrected chi connectivity index (χ0v) is 22.7. The third-order valence-electron chi connectivity index (χ3n) is 5.91. The highest BCUT2D eigenvalue weighted by atomic mass is 35.5. The van der Waals surface area contributed by atoms with Gasteiger partial charge in [0, 0.05) is 46.5 Å². The molecule has 5 rings (SSSR count). The van der Waals surface area contributed by atoms with E-state index in [0.717, 1.165) is 45.0 Å². The molecule has 0 saturated heterocycles. The minimum absolute atomic E-state index is 0.0502. The van der Waals surface area contributed by atoms with Crippen molar-refractivity contribution in [1.29, 1.82) is 0 Å². The largest absolute Gasteiger partial charge is 0.385 e. The van der Waals surface area contributed by atoms with Crippen LogP contribution in [0.1, 0.15) is 50.0 Å². The van der Waals surface area contributed by atoms with E-state index in [1.807, 2.05) is 57.3 Å². The molecule has 0 bridgehead atoms. The summed E-state index contributed by atoms with van der Waals surface area (Å²) >= 11 is 6.34. The quantitative estimate of drug-likeness (QED) is 0.263. The van der Waals surface area contributed by atoms with Gasteiger partial charge >= 0.3 is 0 Å². The van der Waals surface area contributed by atoms with Gasteiger partial charge in [-0.3, -0.25) is 4.99 Å². The van der Waals surface area contributed by atoms with Gasteiger partial charge in [0.15, 0.2) is 0 Å². The summed E-state index contributed by atoms with van der Waals surface area (Å²) in [7, 11) is 1.81. The van der Waals surface area contributed by atoms with Crippen LogP contribution in [0.2, 0.25) is 5.02 Å². The first-order valence-corrected chi connectivity index (χ1v) is 13.1. The van der Waals surface area contributed by atoms with Crippen LogP contribution in [0, 0.1) is 6.92 Å². The summed E-state index contributed by atoms with van der Waals surface area (Å²) < 4.78 is 0. The maximum atomic E-state index is 6.34. The fourth-order valence-corrected chi connectivity index (χ4v) is 4.36. The molecule has 36 heavy (non-hydrogen) atoms. The van der Waals surface area contributed by atoms with Crippen LogP contribution in [0.3, 0.4) is 0 Å². The van der Waals surface area contributed by atoms with E-state index in [-0.39, 0.29) is 6.17 Å². The maximum absolute atomic E-state index is 6.34. The number of halogens is 1. The summed E-state index contributed by atoms with van der Waals surface area (Å²) in [6, 6.07) is 28.8. The van der Waals surface area contributed by atoms with Crippen molar-refractivity contribution in [3.8, 4) is 0 Å². The van der Waals surface area contributed by atoms with E-state index >= 15 is 0 Å². The topological polar surface area (TPSA) is 48.5 Å². The highest BCUT2D eigenvalue weighted by molar-refractivity contribution is 6.35. The first kappa shape index (κ1) is 27.1. The van der Waals surface area contributed by atoms with Crippen LogP contribution in [-0.4, -0.2) is 19.4 Å². The van der Waals surface area contributed by atoms with Crippen molar-refractivity contribution in [2.24, 2.45) is 4.99 Å². The third kappa shape index (κ3) is 6.38. The molecule has 1 heterocycles. The number of nitrogens with one attached hydrogen (secondary N) is 3. The molecule has 0 amide bonds. The molecule has 4 nitrogen and oxygen atoms in total. The number of hydrogen-bond acceptors (Lipinski definition) is 3. The van der Waals surface area contributed by atoms with Crippen LogP contribution in [0.25, 0.3) is 10.8 Å². The average Bonchev–Trinajstić information content (AvgIpc) is 2.94. The smallest absolute Gasteiger partial charge is 0.131 e. The lowest BCUT2D eigenvalue weighted by Gasteiger charge is -2.31. The molecule has 1 unspecified atom stereocenters. The molecule has 0 fully saturated rings. The number of nitrogens with zero attached hydrogens (tertiary/aromatic N) is 1. The van der Waals surface area contributed by atoms with Crippen LogP contribution in [0.5, 0.6) is 0 Å². The SMILES string of the molecule is CC.CCCNc1ccccc1C.CN=C1NC(c2ccc(Cl)c3ccccc23)Nc2ccccc21. The van der Waals surface area contributed by atoms with Crippen molar-refractivity contribution in [1.82, 2.24) is 5.32 Å². The lowest BCUT2D eigenvalue weighted by molar-refractivity contribution is 0.726. The Morgan fingerprint density at radius 2 is 1.50 bits per heavy atom. The Morgan fingerprint density at radius 3 is 2.22 bits per heavy atom. The van der Waals surface area contributed by atoms with Crippen LogP contribution >= 0.6 is 11.6 Å². The molecule has 0 aliphatic carbocycles. The Labute approximate surface area is 220 Å². The van der Waals surface area contributed by atoms with Crippen molar-refractivity contribution >= 4 is 39.6 Å². The van der Waals surface area contributed by atoms with Crippen LogP contribution in [0.15, 0.2) is 89.9 Å². The summed E-state index contributed by atoms with van der Waals surface area (Å²) in [6.45, 7) is 9.36. The summed E-state index contributed by atoms with van der Waals surface area (Å²) in [5.74, 6) is 0.892. The minimum Gasteiger partial charge on any atom is -0.385 e. The Morgan fingerprint density at radius 1 is 0.833 bits per heavy atom. The van der Waals surface area contributed by atoms with Gasteiger partial charge in [-0.1, -0.05) is 93.0 Å². The van der Waals surface area contributed by atoms with Crippen molar-refractivity contribution in [2.45, 2.75) is 40.3 Å². The molecule has 5 heteroatoms. The summed E-state index contributed by atoms with van der Waals surface area (Å²) in [5.41, 5.74) is 5.90. The number of benzene rings is 4. The van der Waals surface area contributed by atoms with Gasteiger partial charge in [0.2, 0.25) is 0 Å². The zero-order valence-electron chi connectivity index (χ0n) is 21.9. The number of para-hydroxylation sites is 2. The van der Waals surface area contributed by atoms with Crippen LogP contribution < -0.4 is 16.0 Å². The monoisotopic (exact) mass is 500 g/mol. The Bertz CT molecular complexity index is 1300. The van der Waals surface area contributed by atoms with E-state index in [0.29, 0.717) is 0 Å². The second-order valence-electron chi connectivity index (χ2n) is 8.26. The van der Waals surface area contributed by atoms with E-state index in [2.05, 4.69) is 83.3 Å². The Kier molecular flexibility index (Phi) is 10.2. The fraction of sp³-hybridized carbons (Fsp3) is 0.258. The maximum Gasteiger partial charge on any atom is 0.131 e. The third-order valence-corrected chi connectivity index (χ3v) is 6.24. The molecule has 4 aromatic carbocycles. The van der Waals surface area contributed by atoms with Crippen LogP contribution in [-0.2, 0) is 0 Å². The van der Waals surface area contributed by atoms with Gasteiger partial charge in [-0.2, -0.15) is 0 Å². The Hall–Kier alpha value is -3.50. The van der Waals surface area contributed by atoms with E-state index in [1.54, 1.807) is 0 Å². The van der Waals surface area contributed by atoms with E-state index in [9.17, 15) is 0 Å². The molecule has 4 aromatic rings. The summed E-state index contributed by atoms with van der Waals surface area (Å²) in [4.78, 5) is 4.40. The first-order chi connectivity index (χ1) is 17.6. The minimum atomic E-state index is -0.0502. The molecule has 1 aliphatic rings. The highest BCUT2D eigenvalue weighted by Gasteiger charge is 2.24. The molecule has 1 aliphatic heterocycles. The van der Waals surface area contributed by atoms with Crippen molar-refractivity contribution in [3.05, 3.63) is 107 Å². The number of anilines is 2. The number of rotatable bonds is 4. The standard InChI is InChI=1S/C19H16ClN3.C10H15N.C2H6/c1-21-18-15-8-4-5-9-17(15)22-19(23-18)14-10-11-16(20)13-7-3-2-6-12(13)14;1-3-8-11-10-7-5-4-6-9(10)2;1-2/h2-11,19,22H,1H3,(H,21,23);4-7,11H,3,8H2,1-2H3;1-2H3. The van der Waals surface area contributed by atoms with Gasteiger partial charge in [-0.25, -0.2) is 0 Å². The number of hydrogen-bond donors (Lipinski definition) is 3. The second kappa shape index (κ2) is 13.6. The number of fused-ring (bicyclic) bond motifs is 2. The van der Waals surface area contributed by atoms with Gasteiger partial charge in [0.05, 0.1) is 0 Å². The second-order valence-corrected chi connectivity index (χ2v) is 8.67. The molecule has 3 N–H and O–H groups in total. The van der Waals surface area contributed by atoms with Crippen LogP contribution in [0.4, 0.5) is 11.4 Å². The molecule has 188 valence electrons. The van der Waals surface area contributed by atoms with E-state index < -0.39 is 0 Å². The Balaban J connectivity index is 0.000000235. The molecule has 0 aromatic heterocycles. The normalized spacial score (nSPS) is 14.8. The molecular weight excluding hydrogens is 464 g/mol. The van der Waals surface area contributed by atoms with Gasteiger partial charge < -0.3 is 16.0 Å². The average molecular weight is 501 g/mol. The lowest BCUT2D eigenvalue weighted by Crippen LogP contribution is -2.39. The van der Waals surface area contributed by atoms with Crippen molar-refractivity contribution in [2.75, 3.05) is 24.2 Å². The van der Waals surface area contributed by atoms with Gasteiger partial charge in [-0.05, 0) is 48.6 Å². The van der Waals surface area contributed by atoms with Gasteiger partial charge in [0.25, 0.3) is 0 Å². The van der Waals surface area contributed by atoms with Gasteiger partial charge in [-0.15, -0.1) is 0 Å². The molecule has 0 radical (unpaired) electrons. The van der Waals surface area contributed by atoms with Gasteiger partial charge in [0.1, 0.15) is 12.0 Å². The predicted octanol–water partition coefficient (Wildman–Crippen LogP) is 8.43.